The van der Waals surface area contributed by atoms with Crippen LogP contribution in [-0.2, 0) is 16.3 Å². The zero-order valence-electron chi connectivity index (χ0n) is 13.8. The molecule has 1 aliphatic heterocycles. The molecule has 1 aromatic rings. The Kier molecular flexibility index (Phi) is 2.13. The van der Waals surface area contributed by atoms with E-state index in [0.717, 1.165) is 12.3 Å². The zero-order valence-corrected chi connectivity index (χ0v) is 10.8. The van der Waals surface area contributed by atoms with Crippen molar-refractivity contribution in [2.45, 2.75) is 38.9 Å². The molecule has 1 aromatic heterocycles. The van der Waals surface area contributed by atoms with Crippen LogP contribution in [0.5, 0.6) is 0 Å². The maximum atomic E-state index is 13.7. The topological polar surface area (TPSA) is 40.5 Å². The smallest absolute Gasteiger partial charge is 0.399 e. The van der Waals surface area contributed by atoms with Gasteiger partial charge in [-0.15, -0.1) is 0 Å². The molecule has 0 unspecified atom stereocenters. The molecule has 1 aliphatic rings. The van der Waals surface area contributed by atoms with Crippen LogP contribution in [0.1, 0.15) is 31.8 Å². The number of aromatic nitrogens is 1. The lowest BCUT2D eigenvalue weighted by atomic mass is 9.80. The molecule has 1 saturated heterocycles. The third kappa shape index (κ3) is 1.99. The van der Waals surface area contributed by atoms with Gasteiger partial charge in [0.05, 0.1) is 11.2 Å². The van der Waals surface area contributed by atoms with E-state index in [-0.39, 0.29) is 5.46 Å². The normalized spacial score (nSPS) is 24.5. The molecule has 0 spiro atoms. The number of nitrogens with zero attached hydrogens (tertiary/aromatic N) is 1. The lowest BCUT2D eigenvalue weighted by molar-refractivity contribution is 0.00578. The van der Waals surface area contributed by atoms with E-state index in [9.17, 15) is 9.18 Å². The van der Waals surface area contributed by atoms with Crippen molar-refractivity contribution in [3.05, 3.63) is 28.4 Å². The molecule has 4 nitrogen and oxygen atoms in total. The fourth-order valence-corrected chi connectivity index (χ4v) is 1.68. The standard InChI is InChI=1S/C12H17BFNO3/c1-11(2)12(3,4)18-13(17-11)8-6-9(14)10(16)15(5)7-8/h6-7H,1-5H3/i5D3. The molecule has 0 N–H and O–H groups in total. The molecule has 2 rings (SSSR count). The van der Waals surface area contributed by atoms with E-state index in [2.05, 4.69) is 0 Å². The first kappa shape index (κ1) is 9.75. The van der Waals surface area contributed by atoms with Crippen LogP contribution in [0, 0.1) is 5.82 Å². The van der Waals surface area contributed by atoms with Gasteiger partial charge in [-0.2, -0.15) is 0 Å². The molecule has 2 heterocycles. The Morgan fingerprint density at radius 3 is 2.39 bits per heavy atom. The number of pyridine rings is 1. The first-order valence-electron chi connectivity index (χ1n) is 7.13. The van der Waals surface area contributed by atoms with Crippen LogP contribution in [0.15, 0.2) is 17.1 Å². The highest BCUT2D eigenvalue weighted by Gasteiger charge is 2.51. The van der Waals surface area contributed by atoms with Crippen molar-refractivity contribution in [2.75, 3.05) is 0 Å². The van der Waals surface area contributed by atoms with E-state index in [1.54, 1.807) is 0 Å². The third-order valence-electron chi connectivity index (χ3n) is 3.52. The maximum Gasteiger partial charge on any atom is 0.496 e. The summed E-state index contributed by atoms with van der Waals surface area (Å²) in [4.78, 5) is 11.6. The summed E-state index contributed by atoms with van der Waals surface area (Å²) in [6.07, 6.45) is 1.06. The molecule has 0 radical (unpaired) electrons. The van der Waals surface area contributed by atoms with E-state index < -0.39 is 36.7 Å². The molecule has 0 bridgehead atoms. The summed E-state index contributed by atoms with van der Waals surface area (Å²) in [6.45, 7) is 4.52. The van der Waals surface area contributed by atoms with Gasteiger partial charge in [-0.05, 0) is 33.8 Å². The van der Waals surface area contributed by atoms with Gasteiger partial charge in [0.15, 0.2) is 5.82 Å². The molecule has 98 valence electrons. The Morgan fingerprint density at radius 1 is 1.33 bits per heavy atom. The van der Waals surface area contributed by atoms with Crippen molar-refractivity contribution < 1.29 is 17.8 Å². The highest BCUT2D eigenvalue weighted by molar-refractivity contribution is 6.62. The van der Waals surface area contributed by atoms with Gasteiger partial charge in [0.1, 0.15) is 0 Å². The summed E-state index contributed by atoms with van der Waals surface area (Å²) in [7, 11) is -0.932. The van der Waals surface area contributed by atoms with Crippen molar-refractivity contribution in [1.29, 1.82) is 0 Å². The van der Waals surface area contributed by atoms with Gasteiger partial charge in [-0.1, -0.05) is 0 Å². The predicted molar refractivity (Wildman–Crippen MR) is 67.4 cm³/mol. The SMILES string of the molecule is [2H]C([2H])([2H])n1cc(B2OC(C)(C)C(C)(C)O2)cc(F)c1=O. The van der Waals surface area contributed by atoms with Crippen LogP contribution >= 0.6 is 0 Å². The lowest BCUT2D eigenvalue weighted by Crippen LogP contribution is -2.41. The Balaban J connectivity index is 2.48. The second-order valence-corrected chi connectivity index (χ2v) is 5.38. The molecule has 0 saturated carbocycles. The summed E-state index contributed by atoms with van der Waals surface area (Å²) >= 11 is 0. The zero-order chi connectivity index (χ0) is 16.2. The van der Waals surface area contributed by atoms with E-state index in [0.29, 0.717) is 4.57 Å². The second-order valence-electron chi connectivity index (χ2n) is 5.38. The Hall–Kier alpha value is -1.14. The highest BCUT2D eigenvalue weighted by atomic mass is 19.1. The van der Waals surface area contributed by atoms with Crippen LogP contribution in [-0.4, -0.2) is 22.9 Å². The van der Waals surface area contributed by atoms with Crippen molar-refractivity contribution in [3.8, 4) is 0 Å². The average Bonchev–Trinajstić information content (AvgIpc) is 2.50. The van der Waals surface area contributed by atoms with Crippen molar-refractivity contribution in [1.82, 2.24) is 4.57 Å². The largest absolute Gasteiger partial charge is 0.496 e. The predicted octanol–water partition coefficient (Wildman–Crippen LogP) is 0.824. The minimum absolute atomic E-state index is 0.155. The molecule has 0 atom stereocenters. The molecular weight excluding hydrogens is 236 g/mol. The number of hydrogen-bond acceptors (Lipinski definition) is 3. The molecule has 0 aromatic carbocycles. The fourth-order valence-electron chi connectivity index (χ4n) is 1.68. The van der Waals surface area contributed by atoms with Crippen molar-refractivity contribution >= 4 is 12.6 Å². The average molecular weight is 256 g/mol. The van der Waals surface area contributed by atoms with Crippen LogP contribution in [0.2, 0.25) is 0 Å². The van der Waals surface area contributed by atoms with Crippen molar-refractivity contribution in [2.24, 2.45) is 6.98 Å². The van der Waals surface area contributed by atoms with Gasteiger partial charge in [0.2, 0.25) is 0 Å². The summed E-state index contributed by atoms with van der Waals surface area (Å²) in [5.41, 5.74) is -2.33. The Labute approximate surface area is 110 Å². The van der Waals surface area contributed by atoms with E-state index in [1.807, 2.05) is 27.7 Å². The number of aryl methyl sites for hydroxylation is 1. The van der Waals surface area contributed by atoms with Gasteiger partial charge >= 0.3 is 7.12 Å². The van der Waals surface area contributed by atoms with Gasteiger partial charge in [-0.3, -0.25) is 4.79 Å². The first-order valence-corrected chi connectivity index (χ1v) is 5.63. The Morgan fingerprint density at radius 2 is 1.89 bits per heavy atom. The number of hydrogen-bond donors (Lipinski definition) is 0. The van der Waals surface area contributed by atoms with Gasteiger partial charge in [0, 0.05) is 22.7 Å². The maximum absolute atomic E-state index is 13.7. The molecule has 1 fully saturated rings. The summed E-state index contributed by atoms with van der Waals surface area (Å²) in [5.74, 6) is -1.15. The van der Waals surface area contributed by atoms with Crippen LogP contribution in [0.25, 0.3) is 0 Å². The minimum atomic E-state index is -2.77. The second kappa shape index (κ2) is 3.93. The molecule has 18 heavy (non-hydrogen) atoms. The van der Waals surface area contributed by atoms with Crippen molar-refractivity contribution in [3.63, 3.8) is 0 Å². The summed E-state index contributed by atoms with van der Waals surface area (Å²) in [5, 5.41) is 0. The number of halogens is 1. The summed E-state index contributed by atoms with van der Waals surface area (Å²) in [6, 6.07) is 0.951. The van der Waals surface area contributed by atoms with E-state index >= 15 is 0 Å². The minimum Gasteiger partial charge on any atom is -0.399 e. The van der Waals surface area contributed by atoms with Crippen LogP contribution in [0.3, 0.4) is 0 Å². The quantitative estimate of drug-likeness (QED) is 0.698. The Bertz CT molecular complexity index is 611. The lowest BCUT2D eigenvalue weighted by Gasteiger charge is -2.32. The fraction of sp³-hybridized carbons (Fsp3) is 0.583. The first-order chi connectivity index (χ1) is 9.35. The molecule has 6 heteroatoms. The van der Waals surface area contributed by atoms with Gasteiger partial charge in [-0.25, -0.2) is 4.39 Å². The van der Waals surface area contributed by atoms with Crippen LogP contribution in [0.4, 0.5) is 4.39 Å². The van der Waals surface area contributed by atoms with E-state index in [4.69, 9.17) is 13.4 Å². The van der Waals surface area contributed by atoms with Crippen LogP contribution < -0.4 is 11.0 Å². The van der Waals surface area contributed by atoms with Gasteiger partial charge < -0.3 is 13.9 Å². The molecular formula is C12H17BFNO3. The summed E-state index contributed by atoms with van der Waals surface area (Å²) < 4.78 is 47.4. The molecule has 0 amide bonds. The monoisotopic (exact) mass is 256 g/mol. The third-order valence-corrected chi connectivity index (χ3v) is 3.52. The van der Waals surface area contributed by atoms with Gasteiger partial charge in [0.25, 0.3) is 5.56 Å². The highest BCUT2D eigenvalue weighted by Crippen LogP contribution is 2.36. The number of rotatable bonds is 1. The molecule has 0 aliphatic carbocycles. The van der Waals surface area contributed by atoms with E-state index in [1.165, 1.54) is 0 Å².